The summed E-state index contributed by atoms with van der Waals surface area (Å²) in [5.41, 5.74) is 0.596. The van der Waals surface area contributed by atoms with Crippen molar-refractivity contribution in [2.45, 2.75) is 43.1 Å². The van der Waals surface area contributed by atoms with Crippen molar-refractivity contribution in [1.29, 1.82) is 0 Å². The predicted octanol–water partition coefficient (Wildman–Crippen LogP) is 3.64. The van der Waals surface area contributed by atoms with Gasteiger partial charge in [0.15, 0.2) is 0 Å². The van der Waals surface area contributed by atoms with Crippen molar-refractivity contribution >= 4 is 34.6 Å². The van der Waals surface area contributed by atoms with Gasteiger partial charge in [-0.3, -0.25) is 15.1 Å². The maximum atomic E-state index is 12.1. The zero-order chi connectivity index (χ0) is 18.9. The molecule has 26 heavy (non-hydrogen) atoms. The molecule has 1 saturated heterocycles. The van der Waals surface area contributed by atoms with E-state index in [0.29, 0.717) is 24.1 Å². The summed E-state index contributed by atoms with van der Waals surface area (Å²) in [6, 6.07) is 4.44. The predicted molar refractivity (Wildman–Crippen MR) is 98.3 cm³/mol. The zero-order valence-electron chi connectivity index (χ0n) is 14.8. The van der Waals surface area contributed by atoms with E-state index in [4.69, 9.17) is 4.74 Å². The molecule has 0 unspecified atom stereocenters. The van der Waals surface area contributed by atoms with Crippen LogP contribution >= 0.6 is 11.8 Å². The minimum absolute atomic E-state index is 0.00371. The van der Waals surface area contributed by atoms with Crippen LogP contribution in [0.3, 0.4) is 0 Å². The number of thioether (sulfide) groups is 1. The molecule has 0 aliphatic carbocycles. The van der Waals surface area contributed by atoms with Gasteiger partial charge in [-0.1, -0.05) is 11.8 Å². The van der Waals surface area contributed by atoms with Crippen molar-refractivity contribution in [2.24, 2.45) is 0 Å². The Hall–Kier alpha value is -2.42. The Morgan fingerprint density at radius 1 is 1.38 bits per heavy atom. The highest BCUT2D eigenvalue weighted by Gasteiger charge is 2.30. The fourth-order valence-corrected chi connectivity index (χ4v) is 3.72. The van der Waals surface area contributed by atoms with Gasteiger partial charge in [-0.25, -0.2) is 9.78 Å². The number of rotatable bonds is 3. The third-order valence-electron chi connectivity index (χ3n) is 3.80. The summed E-state index contributed by atoms with van der Waals surface area (Å²) in [5.74, 6) is 0. The highest BCUT2D eigenvalue weighted by Crippen LogP contribution is 2.30. The van der Waals surface area contributed by atoms with Crippen LogP contribution in [0.5, 0.6) is 0 Å². The second-order valence-electron chi connectivity index (χ2n) is 7.09. The molecule has 1 atom stereocenters. The molecule has 1 aliphatic heterocycles. The lowest BCUT2D eigenvalue weighted by atomic mass is 10.2. The number of aromatic nitrogens is 2. The highest BCUT2D eigenvalue weighted by atomic mass is 32.2. The van der Waals surface area contributed by atoms with Crippen molar-refractivity contribution in [3.63, 3.8) is 0 Å². The number of non-ortho nitro benzene ring substituents is 1. The third-order valence-corrected chi connectivity index (χ3v) is 4.95. The van der Waals surface area contributed by atoms with E-state index in [9.17, 15) is 14.9 Å². The number of nitro benzene ring substituents is 1. The van der Waals surface area contributed by atoms with E-state index in [0.717, 1.165) is 11.4 Å². The first kappa shape index (κ1) is 18.4. The Morgan fingerprint density at radius 3 is 2.85 bits per heavy atom. The molecule has 0 spiro atoms. The van der Waals surface area contributed by atoms with E-state index < -0.39 is 10.5 Å². The molecule has 0 bridgehead atoms. The first-order valence-corrected chi connectivity index (χ1v) is 9.15. The van der Waals surface area contributed by atoms with Crippen LogP contribution in [0.4, 0.5) is 10.5 Å². The van der Waals surface area contributed by atoms with E-state index in [-0.39, 0.29) is 17.0 Å². The van der Waals surface area contributed by atoms with E-state index >= 15 is 0 Å². The van der Waals surface area contributed by atoms with Gasteiger partial charge >= 0.3 is 6.09 Å². The molecular weight excluding hydrogens is 356 g/mol. The number of carbonyl (C=O) groups is 1. The highest BCUT2D eigenvalue weighted by molar-refractivity contribution is 7.99. The molecular formula is C17H20N4O4S. The Bertz CT molecular complexity index is 852. The van der Waals surface area contributed by atoms with Gasteiger partial charge in [-0.15, -0.1) is 0 Å². The zero-order valence-corrected chi connectivity index (χ0v) is 15.7. The van der Waals surface area contributed by atoms with Crippen LogP contribution < -0.4 is 0 Å². The molecule has 1 aromatic carbocycles. The van der Waals surface area contributed by atoms with Gasteiger partial charge in [-0.2, -0.15) is 0 Å². The normalized spacial score (nSPS) is 17.5. The van der Waals surface area contributed by atoms with Gasteiger partial charge < -0.3 is 9.64 Å². The summed E-state index contributed by atoms with van der Waals surface area (Å²) < 4.78 is 5.40. The van der Waals surface area contributed by atoms with E-state index in [1.165, 1.54) is 12.1 Å². The van der Waals surface area contributed by atoms with Crippen LogP contribution in [0, 0.1) is 10.1 Å². The smallest absolute Gasteiger partial charge is 0.410 e. The van der Waals surface area contributed by atoms with Gasteiger partial charge in [0, 0.05) is 30.5 Å². The third kappa shape index (κ3) is 4.40. The topological polar surface area (TPSA) is 98.5 Å². The molecule has 8 nitrogen and oxygen atoms in total. The number of ether oxygens (including phenoxy) is 1. The molecule has 2 aromatic rings. The number of amides is 1. The van der Waals surface area contributed by atoms with Crippen LogP contribution in [0.2, 0.25) is 0 Å². The van der Waals surface area contributed by atoms with E-state index in [1.807, 2.05) is 20.8 Å². The Kier molecular flexibility index (Phi) is 4.99. The molecule has 1 aliphatic rings. The fraction of sp³-hybridized carbons (Fsp3) is 0.471. The number of carbonyl (C=O) groups excluding carboxylic acids is 1. The standard InChI is InChI=1S/C17H20N4O4S/c1-17(2,3)25-16(22)20-7-6-12(10-20)26-15-9-18-14-8-11(21(23)24)4-5-13(14)19-15/h4-5,8-9,12H,6-7,10H2,1-3H3/t12-/m1/s1. The number of nitrogens with zero attached hydrogens (tertiary/aromatic N) is 4. The van der Waals surface area contributed by atoms with Crippen LogP contribution in [-0.4, -0.2) is 49.8 Å². The van der Waals surface area contributed by atoms with E-state index in [1.54, 1.807) is 28.9 Å². The average molecular weight is 376 g/mol. The number of likely N-dealkylation sites (tertiary alicyclic amines) is 1. The molecule has 1 aromatic heterocycles. The summed E-state index contributed by atoms with van der Waals surface area (Å²) in [6.07, 6.45) is 2.18. The molecule has 0 saturated carbocycles. The average Bonchev–Trinajstić information content (AvgIpc) is 3.01. The maximum Gasteiger partial charge on any atom is 0.410 e. The first-order valence-electron chi connectivity index (χ1n) is 8.27. The van der Waals surface area contributed by atoms with Crippen molar-refractivity contribution in [1.82, 2.24) is 14.9 Å². The van der Waals surface area contributed by atoms with Gasteiger partial charge in [-0.05, 0) is 33.3 Å². The Labute approximate surface area is 155 Å². The summed E-state index contributed by atoms with van der Waals surface area (Å²) >= 11 is 1.56. The number of fused-ring (bicyclic) bond motifs is 1. The lowest BCUT2D eigenvalue weighted by molar-refractivity contribution is -0.384. The van der Waals surface area contributed by atoms with Gasteiger partial charge in [0.25, 0.3) is 5.69 Å². The summed E-state index contributed by atoms with van der Waals surface area (Å²) in [4.78, 5) is 33.0. The van der Waals surface area contributed by atoms with Crippen LogP contribution in [0.25, 0.3) is 11.0 Å². The summed E-state index contributed by atoms with van der Waals surface area (Å²) in [7, 11) is 0. The SMILES string of the molecule is CC(C)(C)OC(=O)N1CC[C@@H](Sc2cnc3cc([N+](=O)[O-])ccc3n2)C1. The number of hydrogen-bond acceptors (Lipinski definition) is 7. The van der Waals surface area contributed by atoms with Crippen molar-refractivity contribution < 1.29 is 14.5 Å². The number of benzene rings is 1. The Balaban J connectivity index is 1.65. The number of hydrogen-bond donors (Lipinski definition) is 0. The Morgan fingerprint density at radius 2 is 2.15 bits per heavy atom. The van der Waals surface area contributed by atoms with Gasteiger partial charge in [0.1, 0.15) is 10.6 Å². The fourth-order valence-electron chi connectivity index (χ4n) is 2.64. The quantitative estimate of drug-likeness (QED) is 0.595. The molecule has 9 heteroatoms. The second-order valence-corrected chi connectivity index (χ2v) is 8.41. The molecule has 0 radical (unpaired) electrons. The van der Waals surface area contributed by atoms with Gasteiger partial charge in [0.2, 0.25) is 0 Å². The lowest BCUT2D eigenvalue weighted by Gasteiger charge is -2.24. The summed E-state index contributed by atoms with van der Waals surface area (Å²) in [5, 5.41) is 11.8. The van der Waals surface area contributed by atoms with Crippen molar-refractivity contribution in [3.05, 3.63) is 34.5 Å². The van der Waals surface area contributed by atoms with Crippen LogP contribution in [0.1, 0.15) is 27.2 Å². The molecule has 3 rings (SSSR count). The van der Waals surface area contributed by atoms with Crippen LogP contribution in [-0.2, 0) is 4.74 Å². The molecule has 1 amide bonds. The van der Waals surface area contributed by atoms with Crippen molar-refractivity contribution in [3.8, 4) is 0 Å². The van der Waals surface area contributed by atoms with Gasteiger partial charge in [0.05, 0.1) is 22.2 Å². The minimum atomic E-state index is -0.505. The van der Waals surface area contributed by atoms with Crippen LogP contribution in [0.15, 0.2) is 29.4 Å². The maximum absolute atomic E-state index is 12.1. The molecule has 0 N–H and O–H groups in total. The minimum Gasteiger partial charge on any atom is -0.444 e. The van der Waals surface area contributed by atoms with E-state index in [2.05, 4.69) is 9.97 Å². The molecule has 1 fully saturated rings. The first-order chi connectivity index (χ1) is 12.2. The molecule has 138 valence electrons. The largest absolute Gasteiger partial charge is 0.444 e. The monoisotopic (exact) mass is 376 g/mol. The second kappa shape index (κ2) is 7.06. The number of nitro groups is 1. The van der Waals surface area contributed by atoms with Crippen molar-refractivity contribution in [2.75, 3.05) is 13.1 Å². The lowest BCUT2D eigenvalue weighted by Crippen LogP contribution is -2.35. The molecule has 2 heterocycles. The summed E-state index contributed by atoms with van der Waals surface area (Å²) in [6.45, 7) is 6.80.